The maximum absolute atomic E-state index is 5.86. The average molecular weight is 233 g/mol. The normalized spacial score (nSPS) is 18.2. The van der Waals surface area contributed by atoms with Crippen molar-refractivity contribution in [3.05, 3.63) is 29.3 Å². The topological polar surface area (TPSA) is 32.5 Å². The molecule has 0 radical (unpaired) electrons. The van der Waals surface area contributed by atoms with Gasteiger partial charge in [-0.25, -0.2) is 0 Å². The number of hydrogen-bond donors (Lipinski definition) is 1. The van der Waals surface area contributed by atoms with Gasteiger partial charge in [0.25, 0.3) is 0 Å². The number of nitrogens with two attached hydrogens (primary N) is 1. The van der Waals surface area contributed by atoms with Crippen molar-refractivity contribution in [2.45, 2.75) is 19.9 Å². The second-order valence-corrected chi connectivity index (χ2v) is 4.98. The van der Waals surface area contributed by atoms with E-state index in [1.54, 1.807) is 0 Å². The van der Waals surface area contributed by atoms with Crippen LogP contribution in [0.15, 0.2) is 18.2 Å². The van der Waals surface area contributed by atoms with Crippen molar-refractivity contribution < 1.29 is 0 Å². The highest BCUT2D eigenvalue weighted by atomic mass is 15.2. The summed E-state index contributed by atoms with van der Waals surface area (Å²) < 4.78 is 0. The first kappa shape index (κ1) is 12.4. The molecule has 1 heterocycles. The third-order valence-corrected chi connectivity index (χ3v) is 3.52. The Morgan fingerprint density at radius 3 is 2.76 bits per heavy atom. The summed E-state index contributed by atoms with van der Waals surface area (Å²) in [6.45, 7) is 7.33. The van der Waals surface area contributed by atoms with Crippen LogP contribution in [0.4, 0.5) is 5.69 Å². The Hall–Kier alpha value is -1.06. The molecule has 0 spiro atoms. The Morgan fingerprint density at radius 2 is 2.00 bits per heavy atom. The van der Waals surface area contributed by atoms with Gasteiger partial charge in [-0.15, -0.1) is 0 Å². The summed E-state index contributed by atoms with van der Waals surface area (Å²) >= 11 is 0. The molecule has 0 saturated carbocycles. The van der Waals surface area contributed by atoms with Gasteiger partial charge in [-0.3, -0.25) is 0 Å². The molecule has 94 valence electrons. The van der Waals surface area contributed by atoms with E-state index < -0.39 is 0 Å². The summed E-state index contributed by atoms with van der Waals surface area (Å²) in [5.41, 5.74) is 9.75. The van der Waals surface area contributed by atoms with E-state index in [9.17, 15) is 0 Å². The molecule has 1 aliphatic rings. The number of anilines is 1. The molecule has 2 N–H and O–H groups in total. The Bertz CT molecular complexity index is 376. The third kappa shape index (κ3) is 2.99. The van der Waals surface area contributed by atoms with Gasteiger partial charge in [-0.1, -0.05) is 17.7 Å². The first-order chi connectivity index (χ1) is 8.20. The lowest BCUT2D eigenvalue weighted by molar-refractivity contribution is 0.360. The van der Waals surface area contributed by atoms with E-state index in [2.05, 4.69) is 42.0 Å². The highest BCUT2D eigenvalue weighted by molar-refractivity contribution is 5.55. The monoisotopic (exact) mass is 233 g/mol. The van der Waals surface area contributed by atoms with E-state index in [0.29, 0.717) is 6.54 Å². The Balaban J connectivity index is 2.20. The molecule has 3 nitrogen and oxygen atoms in total. The molecule has 0 aliphatic carbocycles. The minimum Gasteiger partial charge on any atom is -0.370 e. The van der Waals surface area contributed by atoms with Crippen LogP contribution in [-0.4, -0.2) is 38.1 Å². The summed E-state index contributed by atoms with van der Waals surface area (Å²) in [6.07, 6.45) is 1.23. The van der Waals surface area contributed by atoms with Crippen LogP contribution in [0, 0.1) is 6.92 Å². The van der Waals surface area contributed by atoms with E-state index >= 15 is 0 Å². The quantitative estimate of drug-likeness (QED) is 0.842. The van der Waals surface area contributed by atoms with Gasteiger partial charge >= 0.3 is 0 Å². The molecule has 1 aromatic rings. The van der Waals surface area contributed by atoms with Crippen LogP contribution in [0.1, 0.15) is 17.5 Å². The van der Waals surface area contributed by atoms with Crippen LogP contribution in [0.5, 0.6) is 0 Å². The second kappa shape index (κ2) is 5.52. The minimum absolute atomic E-state index is 0.628. The fourth-order valence-electron chi connectivity index (χ4n) is 2.47. The molecule has 0 bridgehead atoms. The number of nitrogens with zero attached hydrogens (tertiary/aromatic N) is 2. The van der Waals surface area contributed by atoms with Crippen molar-refractivity contribution in [1.82, 2.24) is 4.90 Å². The largest absolute Gasteiger partial charge is 0.370 e. The van der Waals surface area contributed by atoms with Crippen molar-refractivity contribution in [3.63, 3.8) is 0 Å². The van der Waals surface area contributed by atoms with E-state index in [-0.39, 0.29) is 0 Å². The van der Waals surface area contributed by atoms with Crippen molar-refractivity contribution >= 4 is 5.69 Å². The SMILES string of the molecule is Cc1ccc(N2CCCN(C)CC2)c(CN)c1. The molecule has 1 fully saturated rings. The number of likely N-dealkylation sites (N-methyl/N-ethyl adjacent to an activating group) is 1. The molecule has 1 aromatic carbocycles. The van der Waals surface area contributed by atoms with Crippen LogP contribution < -0.4 is 10.6 Å². The molecular weight excluding hydrogens is 210 g/mol. The van der Waals surface area contributed by atoms with Crippen molar-refractivity contribution in [2.75, 3.05) is 38.1 Å². The van der Waals surface area contributed by atoms with Crippen LogP contribution in [0.2, 0.25) is 0 Å². The fraction of sp³-hybridized carbons (Fsp3) is 0.571. The molecule has 17 heavy (non-hydrogen) atoms. The summed E-state index contributed by atoms with van der Waals surface area (Å²) in [6, 6.07) is 6.62. The van der Waals surface area contributed by atoms with Crippen LogP contribution in [-0.2, 0) is 6.54 Å². The van der Waals surface area contributed by atoms with Gasteiger partial charge in [-0.05, 0) is 38.6 Å². The highest BCUT2D eigenvalue weighted by Gasteiger charge is 2.14. The summed E-state index contributed by atoms with van der Waals surface area (Å²) in [5.74, 6) is 0. The Morgan fingerprint density at radius 1 is 1.18 bits per heavy atom. The Kier molecular flexibility index (Phi) is 4.02. The second-order valence-electron chi connectivity index (χ2n) is 4.98. The van der Waals surface area contributed by atoms with Crippen LogP contribution in [0.3, 0.4) is 0 Å². The lowest BCUT2D eigenvalue weighted by atomic mass is 10.1. The van der Waals surface area contributed by atoms with Gasteiger partial charge in [0.15, 0.2) is 0 Å². The number of hydrogen-bond acceptors (Lipinski definition) is 3. The molecule has 0 atom stereocenters. The lowest BCUT2D eigenvalue weighted by Crippen LogP contribution is -2.29. The predicted molar refractivity (Wildman–Crippen MR) is 73.4 cm³/mol. The van der Waals surface area contributed by atoms with E-state index in [1.165, 1.54) is 29.8 Å². The van der Waals surface area contributed by atoms with E-state index in [4.69, 9.17) is 5.73 Å². The summed E-state index contributed by atoms with van der Waals surface area (Å²) in [7, 11) is 2.20. The van der Waals surface area contributed by atoms with Crippen molar-refractivity contribution in [2.24, 2.45) is 5.73 Å². The maximum Gasteiger partial charge on any atom is 0.0412 e. The minimum atomic E-state index is 0.628. The number of aryl methyl sites for hydroxylation is 1. The predicted octanol–water partition coefficient (Wildman–Crippen LogP) is 1.60. The number of rotatable bonds is 2. The molecule has 1 saturated heterocycles. The molecule has 0 aromatic heterocycles. The molecular formula is C14H23N3. The summed E-state index contributed by atoms with van der Waals surface area (Å²) in [5, 5.41) is 0. The van der Waals surface area contributed by atoms with Crippen molar-refractivity contribution in [1.29, 1.82) is 0 Å². The molecule has 3 heteroatoms. The first-order valence-electron chi connectivity index (χ1n) is 6.44. The van der Waals surface area contributed by atoms with Crippen LogP contribution in [0.25, 0.3) is 0 Å². The zero-order valence-corrected chi connectivity index (χ0v) is 10.9. The lowest BCUT2D eigenvalue weighted by Gasteiger charge is -2.25. The molecule has 0 unspecified atom stereocenters. The van der Waals surface area contributed by atoms with Gasteiger partial charge < -0.3 is 15.5 Å². The maximum atomic E-state index is 5.86. The van der Waals surface area contributed by atoms with Gasteiger partial charge in [0.1, 0.15) is 0 Å². The number of benzene rings is 1. The standard InChI is InChI=1S/C14H23N3/c1-12-4-5-14(13(10-12)11-15)17-7-3-6-16(2)8-9-17/h4-5,10H,3,6-9,11,15H2,1-2H3. The fourth-order valence-corrected chi connectivity index (χ4v) is 2.47. The highest BCUT2D eigenvalue weighted by Crippen LogP contribution is 2.22. The van der Waals surface area contributed by atoms with E-state index in [1.807, 2.05) is 0 Å². The van der Waals surface area contributed by atoms with Gasteiger partial charge in [0.2, 0.25) is 0 Å². The molecule has 2 rings (SSSR count). The zero-order valence-electron chi connectivity index (χ0n) is 10.9. The average Bonchev–Trinajstić information content (AvgIpc) is 2.54. The Labute approximate surface area is 104 Å². The third-order valence-electron chi connectivity index (χ3n) is 3.52. The van der Waals surface area contributed by atoms with Crippen molar-refractivity contribution in [3.8, 4) is 0 Å². The smallest absolute Gasteiger partial charge is 0.0412 e. The van der Waals surface area contributed by atoms with Crippen LogP contribution >= 0.6 is 0 Å². The first-order valence-corrected chi connectivity index (χ1v) is 6.44. The summed E-state index contributed by atoms with van der Waals surface area (Å²) in [4.78, 5) is 4.88. The van der Waals surface area contributed by atoms with Gasteiger partial charge in [0.05, 0.1) is 0 Å². The molecule has 1 aliphatic heterocycles. The van der Waals surface area contributed by atoms with Gasteiger partial charge in [-0.2, -0.15) is 0 Å². The van der Waals surface area contributed by atoms with Gasteiger partial charge in [0, 0.05) is 31.9 Å². The van der Waals surface area contributed by atoms with E-state index in [0.717, 1.165) is 19.6 Å². The zero-order chi connectivity index (χ0) is 12.3. The molecule has 0 amide bonds.